The minimum atomic E-state index is -0.280. The van der Waals surface area contributed by atoms with Gasteiger partial charge in [0.05, 0.1) is 4.47 Å². The third kappa shape index (κ3) is 6.69. The number of anilines is 1. The van der Waals surface area contributed by atoms with E-state index in [1.165, 1.54) is 5.56 Å². The lowest BCUT2D eigenvalue weighted by Gasteiger charge is -2.20. The third-order valence-corrected chi connectivity index (χ3v) is 5.50. The molecule has 0 atom stereocenters. The second-order valence-electron chi connectivity index (χ2n) is 8.48. The Morgan fingerprint density at radius 2 is 1.62 bits per heavy atom. The average Bonchev–Trinajstić information content (AvgIpc) is 2.77. The van der Waals surface area contributed by atoms with E-state index >= 15 is 0 Å². The molecule has 5 nitrogen and oxygen atoms in total. The summed E-state index contributed by atoms with van der Waals surface area (Å²) >= 11 is 3.51. The Hall–Kier alpha value is -3.12. The zero-order chi connectivity index (χ0) is 23.1. The van der Waals surface area contributed by atoms with Gasteiger partial charge in [-0.3, -0.25) is 9.59 Å². The molecule has 0 saturated heterocycles. The molecule has 6 heteroatoms. The normalized spacial score (nSPS) is 11.0. The van der Waals surface area contributed by atoms with E-state index in [9.17, 15) is 9.59 Å². The summed E-state index contributed by atoms with van der Waals surface area (Å²) in [6.07, 6.45) is 0. The molecule has 0 fully saturated rings. The van der Waals surface area contributed by atoms with Crippen LogP contribution >= 0.6 is 15.9 Å². The molecule has 0 aliphatic rings. The molecule has 0 aliphatic heterocycles. The zero-order valence-electron chi connectivity index (χ0n) is 18.4. The van der Waals surface area contributed by atoms with Gasteiger partial charge in [-0.05, 0) is 68.9 Å². The Kier molecular flexibility index (Phi) is 7.70. The molecule has 166 valence electrons. The second kappa shape index (κ2) is 10.5. The first kappa shape index (κ1) is 23.5. The summed E-state index contributed by atoms with van der Waals surface area (Å²) in [5.74, 6) is 0.162. The number of carbonyl (C=O) groups is 2. The summed E-state index contributed by atoms with van der Waals surface area (Å²) in [4.78, 5) is 24.6. The molecular weight excluding hydrogens is 468 g/mol. The lowest BCUT2D eigenvalue weighted by atomic mass is 9.87. The molecule has 0 aliphatic carbocycles. The first-order chi connectivity index (χ1) is 15.2. The second-order valence-corrected chi connectivity index (χ2v) is 9.33. The van der Waals surface area contributed by atoms with Gasteiger partial charge in [0, 0.05) is 17.8 Å². The highest BCUT2D eigenvalue weighted by molar-refractivity contribution is 9.10. The Bertz CT molecular complexity index is 1070. The van der Waals surface area contributed by atoms with Crippen molar-refractivity contribution in [3.8, 4) is 5.75 Å². The van der Waals surface area contributed by atoms with Crippen LogP contribution in [0.3, 0.4) is 0 Å². The van der Waals surface area contributed by atoms with Crippen molar-refractivity contribution in [2.75, 3.05) is 11.9 Å². The number of halogens is 1. The van der Waals surface area contributed by atoms with Crippen LogP contribution in [-0.4, -0.2) is 18.4 Å². The molecule has 3 aromatic carbocycles. The van der Waals surface area contributed by atoms with E-state index in [2.05, 4.69) is 47.3 Å². The monoisotopic (exact) mass is 494 g/mol. The van der Waals surface area contributed by atoms with E-state index in [0.717, 1.165) is 10.0 Å². The van der Waals surface area contributed by atoms with Crippen LogP contribution in [0.15, 0.2) is 77.3 Å². The maximum Gasteiger partial charge on any atom is 0.262 e. The fourth-order valence-electron chi connectivity index (χ4n) is 3.01. The van der Waals surface area contributed by atoms with Crippen molar-refractivity contribution >= 4 is 33.4 Å². The Balaban J connectivity index is 1.50. The first-order valence-corrected chi connectivity index (χ1v) is 11.2. The van der Waals surface area contributed by atoms with Crippen molar-refractivity contribution in [3.63, 3.8) is 0 Å². The molecule has 0 radical (unpaired) electrons. The molecular formula is C26H27BrN2O3. The minimum absolute atomic E-state index is 0.0308. The summed E-state index contributed by atoms with van der Waals surface area (Å²) in [5, 5.41) is 5.66. The summed E-state index contributed by atoms with van der Waals surface area (Å²) in [7, 11) is 0. The Morgan fingerprint density at radius 1 is 0.938 bits per heavy atom. The van der Waals surface area contributed by atoms with Crippen molar-refractivity contribution in [2.24, 2.45) is 0 Å². The van der Waals surface area contributed by atoms with Crippen molar-refractivity contribution < 1.29 is 14.3 Å². The number of rotatable bonds is 7. The van der Waals surface area contributed by atoms with Crippen molar-refractivity contribution in [2.45, 2.75) is 32.7 Å². The van der Waals surface area contributed by atoms with Gasteiger partial charge in [-0.2, -0.15) is 0 Å². The minimum Gasteiger partial charge on any atom is -0.483 e. The maximum atomic E-state index is 12.3. The number of benzene rings is 3. The first-order valence-electron chi connectivity index (χ1n) is 10.4. The highest BCUT2D eigenvalue weighted by Crippen LogP contribution is 2.31. The van der Waals surface area contributed by atoms with Crippen LogP contribution < -0.4 is 15.4 Å². The van der Waals surface area contributed by atoms with Crippen molar-refractivity contribution in [1.82, 2.24) is 5.32 Å². The van der Waals surface area contributed by atoms with Gasteiger partial charge in [0.15, 0.2) is 6.61 Å². The maximum absolute atomic E-state index is 12.3. The third-order valence-electron chi connectivity index (χ3n) is 4.88. The van der Waals surface area contributed by atoms with Crippen LogP contribution in [0.5, 0.6) is 5.75 Å². The lowest BCUT2D eigenvalue weighted by molar-refractivity contribution is -0.118. The fraction of sp³-hybridized carbons (Fsp3) is 0.231. The van der Waals surface area contributed by atoms with Gasteiger partial charge < -0.3 is 15.4 Å². The predicted molar refractivity (Wildman–Crippen MR) is 131 cm³/mol. The molecule has 0 heterocycles. The van der Waals surface area contributed by atoms with Crippen LogP contribution in [0.1, 0.15) is 42.3 Å². The van der Waals surface area contributed by atoms with Gasteiger partial charge in [0.2, 0.25) is 0 Å². The van der Waals surface area contributed by atoms with Gasteiger partial charge in [-0.1, -0.05) is 57.2 Å². The average molecular weight is 495 g/mol. The van der Waals surface area contributed by atoms with Gasteiger partial charge in [-0.25, -0.2) is 0 Å². The number of carbonyl (C=O) groups excluding carboxylic acids is 2. The van der Waals surface area contributed by atoms with E-state index in [-0.39, 0.29) is 23.8 Å². The van der Waals surface area contributed by atoms with E-state index < -0.39 is 0 Å². The molecule has 2 N–H and O–H groups in total. The number of amides is 2. The SMILES string of the molecule is CC(C)(C)c1ccc(OCC(=O)Nc2ccc(C(=O)NCc3ccccc3)cc2)c(Br)c1. The summed E-state index contributed by atoms with van der Waals surface area (Å²) in [6, 6.07) is 22.3. The summed E-state index contributed by atoms with van der Waals surface area (Å²) in [5.41, 5.74) is 3.36. The van der Waals surface area contributed by atoms with E-state index in [1.54, 1.807) is 24.3 Å². The van der Waals surface area contributed by atoms with E-state index in [4.69, 9.17) is 4.74 Å². The van der Waals surface area contributed by atoms with Crippen LogP contribution in [0.2, 0.25) is 0 Å². The highest BCUT2D eigenvalue weighted by Gasteiger charge is 2.16. The molecule has 0 aromatic heterocycles. The topological polar surface area (TPSA) is 67.4 Å². The fourth-order valence-corrected chi connectivity index (χ4v) is 3.50. The van der Waals surface area contributed by atoms with Crippen LogP contribution in [0.4, 0.5) is 5.69 Å². The van der Waals surface area contributed by atoms with E-state index in [0.29, 0.717) is 23.5 Å². The number of hydrogen-bond donors (Lipinski definition) is 2. The molecule has 3 aromatic rings. The van der Waals surface area contributed by atoms with E-state index in [1.807, 2.05) is 48.5 Å². The molecule has 2 amide bonds. The quantitative estimate of drug-likeness (QED) is 0.442. The molecule has 32 heavy (non-hydrogen) atoms. The molecule has 0 spiro atoms. The number of nitrogens with one attached hydrogen (secondary N) is 2. The van der Waals surface area contributed by atoms with Crippen LogP contribution in [0.25, 0.3) is 0 Å². The molecule has 0 saturated carbocycles. The lowest BCUT2D eigenvalue weighted by Crippen LogP contribution is -2.23. The van der Waals surface area contributed by atoms with Gasteiger partial charge in [-0.15, -0.1) is 0 Å². The predicted octanol–water partition coefficient (Wildman–Crippen LogP) is 5.69. The van der Waals surface area contributed by atoms with Gasteiger partial charge in [0.1, 0.15) is 5.75 Å². The summed E-state index contributed by atoms with van der Waals surface area (Å²) in [6.45, 7) is 6.76. The van der Waals surface area contributed by atoms with Gasteiger partial charge >= 0.3 is 0 Å². The van der Waals surface area contributed by atoms with Gasteiger partial charge in [0.25, 0.3) is 11.8 Å². The highest BCUT2D eigenvalue weighted by atomic mass is 79.9. The Morgan fingerprint density at radius 3 is 2.25 bits per heavy atom. The molecule has 0 unspecified atom stereocenters. The number of ether oxygens (including phenoxy) is 1. The van der Waals surface area contributed by atoms with Crippen molar-refractivity contribution in [1.29, 1.82) is 0 Å². The molecule has 0 bridgehead atoms. The zero-order valence-corrected chi connectivity index (χ0v) is 20.0. The van der Waals surface area contributed by atoms with Crippen molar-refractivity contribution in [3.05, 3.63) is 94.0 Å². The van der Waals surface area contributed by atoms with Crippen LogP contribution in [0, 0.1) is 0 Å². The summed E-state index contributed by atoms with van der Waals surface area (Å²) < 4.78 is 6.46. The largest absolute Gasteiger partial charge is 0.483 e. The molecule has 3 rings (SSSR count). The van der Waals surface area contributed by atoms with Crippen LogP contribution in [-0.2, 0) is 16.8 Å². The smallest absolute Gasteiger partial charge is 0.262 e. The standard InChI is InChI=1S/C26H27BrN2O3/c1-26(2,3)20-11-14-23(22(27)15-20)32-17-24(30)29-21-12-9-19(10-13-21)25(31)28-16-18-7-5-4-6-8-18/h4-15H,16-17H2,1-3H3,(H,28,31)(H,29,30). The number of hydrogen-bond acceptors (Lipinski definition) is 3. The Labute approximate surface area is 197 Å².